The van der Waals surface area contributed by atoms with Crippen LogP contribution in [0, 0.1) is 0 Å². The minimum atomic E-state index is 0.686. The number of hydrogen-bond acceptors (Lipinski definition) is 4. The maximum atomic E-state index is 6.34. The van der Waals surface area contributed by atoms with Gasteiger partial charge in [-0.1, -0.05) is 11.6 Å². The Bertz CT molecular complexity index is 567. The number of nitrogens with zero attached hydrogens (tertiary/aromatic N) is 2. The lowest BCUT2D eigenvalue weighted by atomic mass is 10.2. The quantitative estimate of drug-likeness (QED) is 0.887. The van der Waals surface area contributed by atoms with Crippen LogP contribution < -0.4 is 10.2 Å². The summed E-state index contributed by atoms with van der Waals surface area (Å²) >= 11 is 6.34. The third-order valence-corrected chi connectivity index (χ3v) is 3.69. The number of halogens is 1. The van der Waals surface area contributed by atoms with Gasteiger partial charge in [-0.05, 0) is 30.5 Å². The van der Waals surface area contributed by atoms with Gasteiger partial charge in [0.25, 0.3) is 0 Å². The Morgan fingerprint density at radius 2 is 2.30 bits per heavy atom. The number of furan rings is 1. The number of aromatic nitrogens is 1. The van der Waals surface area contributed by atoms with E-state index < -0.39 is 0 Å². The first-order chi connectivity index (χ1) is 9.72. The standard InChI is InChI=1S/C15H18ClN3O/c1-19(9-11-4-5-20-10-11)15-14(16)6-12(8-18-15)7-17-13-2-3-13/h4-6,8,10,13,17H,2-3,7,9H2,1H3. The number of hydrogen-bond donors (Lipinski definition) is 1. The highest BCUT2D eigenvalue weighted by Gasteiger charge is 2.20. The molecule has 1 N–H and O–H groups in total. The molecule has 20 heavy (non-hydrogen) atoms. The molecule has 0 atom stereocenters. The van der Waals surface area contributed by atoms with Gasteiger partial charge in [0.15, 0.2) is 0 Å². The van der Waals surface area contributed by atoms with Crippen LogP contribution in [-0.2, 0) is 13.1 Å². The summed E-state index contributed by atoms with van der Waals surface area (Å²) in [7, 11) is 1.98. The summed E-state index contributed by atoms with van der Waals surface area (Å²) in [4.78, 5) is 6.50. The largest absolute Gasteiger partial charge is 0.472 e. The van der Waals surface area contributed by atoms with Gasteiger partial charge in [-0.15, -0.1) is 0 Å². The Labute approximate surface area is 123 Å². The van der Waals surface area contributed by atoms with E-state index in [4.69, 9.17) is 16.0 Å². The molecule has 0 aliphatic heterocycles. The second kappa shape index (κ2) is 5.85. The van der Waals surface area contributed by atoms with Crippen LogP contribution in [0.5, 0.6) is 0 Å². The lowest BCUT2D eigenvalue weighted by Crippen LogP contribution is -2.19. The molecule has 1 aliphatic carbocycles. The highest BCUT2D eigenvalue weighted by atomic mass is 35.5. The maximum Gasteiger partial charge on any atom is 0.147 e. The van der Waals surface area contributed by atoms with Crippen molar-refractivity contribution in [3.63, 3.8) is 0 Å². The molecule has 3 rings (SSSR count). The highest BCUT2D eigenvalue weighted by molar-refractivity contribution is 6.33. The summed E-state index contributed by atoms with van der Waals surface area (Å²) in [5.74, 6) is 0.794. The molecule has 0 bridgehead atoms. The van der Waals surface area contributed by atoms with Crippen LogP contribution in [0.15, 0.2) is 35.3 Å². The van der Waals surface area contributed by atoms with Crippen molar-refractivity contribution in [1.82, 2.24) is 10.3 Å². The molecule has 0 amide bonds. The molecule has 106 valence electrons. The van der Waals surface area contributed by atoms with E-state index in [1.807, 2.05) is 30.3 Å². The lowest BCUT2D eigenvalue weighted by Gasteiger charge is -2.19. The minimum Gasteiger partial charge on any atom is -0.472 e. The average molecular weight is 292 g/mol. The third-order valence-electron chi connectivity index (χ3n) is 3.41. The van der Waals surface area contributed by atoms with Crippen molar-refractivity contribution in [3.05, 3.63) is 47.0 Å². The van der Waals surface area contributed by atoms with E-state index in [-0.39, 0.29) is 0 Å². The van der Waals surface area contributed by atoms with Crippen LogP contribution >= 0.6 is 11.6 Å². The van der Waals surface area contributed by atoms with Crippen molar-refractivity contribution in [1.29, 1.82) is 0 Å². The Balaban J connectivity index is 1.66. The zero-order chi connectivity index (χ0) is 13.9. The van der Waals surface area contributed by atoms with E-state index in [1.165, 1.54) is 12.8 Å². The van der Waals surface area contributed by atoms with Gasteiger partial charge in [-0.2, -0.15) is 0 Å². The monoisotopic (exact) mass is 291 g/mol. The van der Waals surface area contributed by atoms with Gasteiger partial charge in [0.1, 0.15) is 5.82 Å². The Morgan fingerprint density at radius 1 is 1.45 bits per heavy atom. The molecule has 0 radical (unpaired) electrons. The van der Waals surface area contributed by atoms with Crippen molar-refractivity contribution < 1.29 is 4.42 Å². The molecule has 5 heteroatoms. The predicted octanol–water partition coefficient (Wildman–Crippen LogP) is 3.22. The van der Waals surface area contributed by atoms with Crippen molar-refractivity contribution in [2.24, 2.45) is 0 Å². The normalized spacial score (nSPS) is 14.5. The first-order valence-corrected chi connectivity index (χ1v) is 7.20. The molecule has 2 heterocycles. The summed E-state index contributed by atoms with van der Waals surface area (Å²) in [5.41, 5.74) is 2.23. The molecule has 0 saturated heterocycles. The van der Waals surface area contributed by atoms with Gasteiger partial charge in [-0.25, -0.2) is 4.98 Å². The molecule has 2 aromatic rings. The Morgan fingerprint density at radius 3 is 2.95 bits per heavy atom. The Kier molecular flexibility index (Phi) is 3.94. The van der Waals surface area contributed by atoms with Gasteiger partial charge in [0, 0.05) is 37.9 Å². The summed E-state index contributed by atoms with van der Waals surface area (Å²) in [6.07, 6.45) is 7.87. The molecule has 0 unspecified atom stereocenters. The number of pyridine rings is 1. The fourth-order valence-electron chi connectivity index (χ4n) is 2.13. The second-order valence-electron chi connectivity index (χ2n) is 5.29. The van der Waals surface area contributed by atoms with Gasteiger partial charge in [-0.3, -0.25) is 0 Å². The van der Waals surface area contributed by atoms with Crippen molar-refractivity contribution in [2.45, 2.75) is 32.0 Å². The number of anilines is 1. The molecule has 4 nitrogen and oxygen atoms in total. The highest BCUT2D eigenvalue weighted by Crippen LogP contribution is 2.25. The van der Waals surface area contributed by atoms with Crippen LogP contribution in [0.3, 0.4) is 0 Å². The Hall–Kier alpha value is -1.52. The van der Waals surface area contributed by atoms with Crippen molar-refractivity contribution >= 4 is 17.4 Å². The molecule has 0 aromatic carbocycles. The smallest absolute Gasteiger partial charge is 0.147 e. The van der Waals surface area contributed by atoms with E-state index in [1.54, 1.807) is 12.5 Å². The van der Waals surface area contributed by atoms with E-state index in [9.17, 15) is 0 Å². The minimum absolute atomic E-state index is 0.686. The van der Waals surface area contributed by atoms with E-state index >= 15 is 0 Å². The number of nitrogens with one attached hydrogen (secondary N) is 1. The van der Waals surface area contributed by atoms with E-state index in [0.717, 1.165) is 30.0 Å². The summed E-state index contributed by atoms with van der Waals surface area (Å²) in [6.45, 7) is 1.56. The molecular formula is C15H18ClN3O. The van der Waals surface area contributed by atoms with E-state index in [0.29, 0.717) is 11.1 Å². The maximum absolute atomic E-state index is 6.34. The van der Waals surface area contributed by atoms with Crippen LogP contribution in [0.25, 0.3) is 0 Å². The van der Waals surface area contributed by atoms with Gasteiger partial charge >= 0.3 is 0 Å². The fraction of sp³-hybridized carbons (Fsp3) is 0.400. The van der Waals surface area contributed by atoms with Crippen LogP contribution in [0.4, 0.5) is 5.82 Å². The third kappa shape index (κ3) is 3.32. The average Bonchev–Trinajstić information content (AvgIpc) is 3.13. The molecule has 1 aliphatic rings. The van der Waals surface area contributed by atoms with Crippen molar-refractivity contribution in [2.75, 3.05) is 11.9 Å². The van der Waals surface area contributed by atoms with Gasteiger partial charge in [0.05, 0.1) is 17.5 Å². The summed E-state index contributed by atoms with van der Waals surface area (Å²) in [5, 5.41) is 4.15. The topological polar surface area (TPSA) is 41.3 Å². The summed E-state index contributed by atoms with van der Waals surface area (Å²) < 4.78 is 5.07. The molecular weight excluding hydrogens is 274 g/mol. The molecule has 0 spiro atoms. The number of rotatable bonds is 6. The van der Waals surface area contributed by atoms with Crippen LogP contribution in [-0.4, -0.2) is 18.1 Å². The van der Waals surface area contributed by atoms with Crippen LogP contribution in [0.2, 0.25) is 5.02 Å². The predicted molar refractivity (Wildman–Crippen MR) is 79.9 cm³/mol. The first kappa shape index (κ1) is 13.5. The summed E-state index contributed by atoms with van der Waals surface area (Å²) in [6, 6.07) is 4.63. The molecule has 1 fully saturated rings. The van der Waals surface area contributed by atoms with E-state index in [2.05, 4.69) is 10.3 Å². The first-order valence-electron chi connectivity index (χ1n) is 6.82. The molecule has 2 aromatic heterocycles. The van der Waals surface area contributed by atoms with Crippen molar-refractivity contribution in [3.8, 4) is 0 Å². The zero-order valence-electron chi connectivity index (χ0n) is 11.5. The zero-order valence-corrected chi connectivity index (χ0v) is 12.2. The van der Waals surface area contributed by atoms with Gasteiger partial charge < -0.3 is 14.6 Å². The second-order valence-corrected chi connectivity index (χ2v) is 5.70. The van der Waals surface area contributed by atoms with Crippen LogP contribution in [0.1, 0.15) is 24.0 Å². The molecule has 1 saturated carbocycles. The SMILES string of the molecule is CN(Cc1ccoc1)c1ncc(CNC2CC2)cc1Cl. The fourth-order valence-corrected chi connectivity index (χ4v) is 2.46. The lowest BCUT2D eigenvalue weighted by molar-refractivity contribution is 0.563. The van der Waals surface area contributed by atoms with Gasteiger partial charge in [0.2, 0.25) is 0 Å².